The molecule has 2 nitrogen and oxygen atoms in total. The average Bonchev–Trinajstić information content (AvgIpc) is 2.32. The molecule has 0 aliphatic rings. The van der Waals surface area contributed by atoms with Crippen molar-refractivity contribution in [3.8, 4) is 11.5 Å². The minimum atomic E-state index is -0.310. The lowest BCUT2D eigenvalue weighted by molar-refractivity contribution is 0.472. The molecule has 0 aliphatic heterocycles. The van der Waals surface area contributed by atoms with Gasteiger partial charge in [-0.25, -0.2) is 4.39 Å². The van der Waals surface area contributed by atoms with Gasteiger partial charge in [-0.15, -0.1) is 0 Å². The fraction of sp³-hybridized carbons (Fsp3) is 0.143. The van der Waals surface area contributed by atoms with Crippen molar-refractivity contribution in [3.63, 3.8) is 0 Å². The molecule has 0 aliphatic carbocycles. The molecule has 0 fully saturated rings. The Hall–Kier alpha value is -1.87. The van der Waals surface area contributed by atoms with Gasteiger partial charge in [-0.3, -0.25) is 0 Å². The lowest BCUT2D eigenvalue weighted by Crippen LogP contribution is -1.97. The maximum atomic E-state index is 13.0. The Kier molecular flexibility index (Phi) is 3.40. The van der Waals surface area contributed by atoms with E-state index >= 15 is 0 Å². The molecule has 17 heavy (non-hydrogen) atoms. The Labute approximate surface area is 99.8 Å². The van der Waals surface area contributed by atoms with Crippen molar-refractivity contribution in [2.75, 3.05) is 0 Å². The SMILES string of the molecule is Cc1ccc(CN)cc1Oc1cccc(F)c1. The molecule has 0 aromatic heterocycles. The molecule has 0 atom stereocenters. The summed E-state index contributed by atoms with van der Waals surface area (Å²) in [5, 5.41) is 0. The van der Waals surface area contributed by atoms with Crippen LogP contribution in [0.3, 0.4) is 0 Å². The first-order valence-electron chi connectivity index (χ1n) is 5.42. The summed E-state index contributed by atoms with van der Waals surface area (Å²) in [5.74, 6) is 0.885. The largest absolute Gasteiger partial charge is 0.457 e. The van der Waals surface area contributed by atoms with Crippen LogP contribution in [-0.4, -0.2) is 0 Å². The number of benzene rings is 2. The molecule has 0 heterocycles. The Morgan fingerprint density at radius 3 is 2.71 bits per heavy atom. The molecule has 0 saturated heterocycles. The molecule has 0 unspecified atom stereocenters. The molecule has 2 aromatic carbocycles. The maximum absolute atomic E-state index is 13.0. The van der Waals surface area contributed by atoms with Crippen LogP contribution < -0.4 is 10.5 Å². The van der Waals surface area contributed by atoms with Gasteiger partial charge >= 0.3 is 0 Å². The van der Waals surface area contributed by atoms with Crippen LogP contribution in [-0.2, 0) is 6.54 Å². The number of hydrogen-bond donors (Lipinski definition) is 1. The van der Waals surface area contributed by atoms with E-state index in [2.05, 4.69) is 0 Å². The second kappa shape index (κ2) is 4.97. The number of aryl methyl sites for hydroxylation is 1. The van der Waals surface area contributed by atoms with Crippen molar-refractivity contribution in [2.45, 2.75) is 13.5 Å². The monoisotopic (exact) mass is 231 g/mol. The average molecular weight is 231 g/mol. The van der Waals surface area contributed by atoms with Gasteiger partial charge in [-0.1, -0.05) is 18.2 Å². The van der Waals surface area contributed by atoms with E-state index in [4.69, 9.17) is 10.5 Å². The number of nitrogens with two attached hydrogens (primary N) is 1. The topological polar surface area (TPSA) is 35.2 Å². The number of halogens is 1. The lowest BCUT2D eigenvalue weighted by atomic mass is 10.1. The van der Waals surface area contributed by atoms with E-state index in [1.807, 2.05) is 25.1 Å². The molecule has 88 valence electrons. The second-order valence-corrected chi connectivity index (χ2v) is 3.86. The predicted octanol–water partition coefficient (Wildman–Crippen LogP) is 3.39. The first-order chi connectivity index (χ1) is 8.19. The van der Waals surface area contributed by atoms with Crippen molar-refractivity contribution in [3.05, 3.63) is 59.4 Å². The van der Waals surface area contributed by atoms with Gasteiger partial charge in [-0.2, -0.15) is 0 Å². The quantitative estimate of drug-likeness (QED) is 0.878. The smallest absolute Gasteiger partial charge is 0.130 e. The lowest BCUT2D eigenvalue weighted by Gasteiger charge is -2.10. The summed E-state index contributed by atoms with van der Waals surface area (Å²) in [6, 6.07) is 11.8. The summed E-state index contributed by atoms with van der Waals surface area (Å²) in [5.41, 5.74) is 7.55. The van der Waals surface area contributed by atoms with Crippen LogP contribution in [0.25, 0.3) is 0 Å². The van der Waals surface area contributed by atoms with Crippen molar-refractivity contribution in [1.82, 2.24) is 0 Å². The third-order valence-electron chi connectivity index (χ3n) is 2.51. The third kappa shape index (κ3) is 2.82. The summed E-state index contributed by atoms with van der Waals surface area (Å²) in [4.78, 5) is 0. The highest BCUT2D eigenvalue weighted by molar-refractivity contribution is 5.40. The molecule has 0 radical (unpaired) electrons. The Bertz CT molecular complexity index is 525. The molecule has 0 bridgehead atoms. The third-order valence-corrected chi connectivity index (χ3v) is 2.51. The molecule has 2 rings (SSSR count). The zero-order valence-corrected chi connectivity index (χ0v) is 9.61. The van der Waals surface area contributed by atoms with E-state index in [-0.39, 0.29) is 5.82 Å². The standard InChI is InChI=1S/C14H14FNO/c1-10-5-6-11(9-16)7-14(10)17-13-4-2-3-12(15)8-13/h2-8H,9,16H2,1H3. The van der Waals surface area contributed by atoms with E-state index in [9.17, 15) is 4.39 Å². The van der Waals surface area contributed by atoms with Crippen molar-refractivity contribution >= 4 is 0 Å². The summed E-state index contributed by atoms with van der Waals surface area (Å²) in [7, 11) is 0. The molecule has 0 spiro atoms. The minimum Gasteiger partial charge on any atom is -0.457 e. The van der Waals surface area contributed by atoms with Gasteiger partial charge in [0.25, 0.3) is 0 Å². The Morgan fingerprint density at radius 2 is 2.00 bits per heavy atom. The first kappa shape index (κ1) is 11.6. The summed E-state index contributed by atoms with van der Waals surface area (Å²) in [6.07, 6.45) is 0. The molecule has 2 N–H and O–H groups in total. The first-order valence-corrected chi connectivity index (χ1v) is 5.42. The summed E-state index contributed by atoms with van der Waals surface area (Å²) in [6.45, 7) is 2.40. The van der Waals surface area contributed by atoms with Gasteiger partial charge in [-0.05, 0) is 36.2 Å². The van der Waals surface area contributed by atoms with Crippen molar-refractivity contribution in [1.29, 1.82) is 0 Å². The number of hydrogen-bond acceptors (Lipinski definition) is 2. The Morgan fingerprint density at radius 1 is 1.18 bits per heavy atom. The second-order valence-electron chi connectivity index (χ2n) is 3.86. The van der Waals surface area contributed by atoms with Crippen LogP contribution in [0, 0.1) is 12.7 Å². The fourth-order valence-electron chi connectivity index (χ4n) is 1.54. The minimum absolute atomic E-state index is 0.310. The number of ether oxygens (including phenoxy) is 1. The highest BCUT2D eigenvalue weighted by atomic mass is 19.1. The van der Waals surface area contributed by atoms with Crippen LogP contribution in [0.4, 0.5) is 4.39 Å². The normalized spacial score (nSPS) is 10.3. The van der Waals surface area contributed by atoms with E-state index in [0.717, 1.165) is 11.1 Å². The van der Waals surface area contributed by atoms with E-state index < -0.39 is 0 Å². The van der Waals surface area contributed by atoms with Crippen LogP contribution in [0.5, 0.6) is 11.5 Å². The summed E-state index contributed by atoms with van der Waals surface area (Å²) >= 11 is 0. The van der Waals surface area contributed by atoms with Crippen LogP contribution >= 0.6 is 0 Å². The zero-order valence-electron chi connectivity index (χ0n) is 9.61. The van der Waals surface area contributed by atoms with Crippen LogP contribution in [0.2, 0.25) is 0 Å². The van der Waals surface area contributed by atoms with Gasteiger partial charge in [0.1, 0.15) is 17.3 Å². The molecule has 0 amide bonds. The van der Waals surface area contributed by atoms with Gasteiger partial charge in [0.05, 0.1) is 0 Å². The van der Waals surface area contributed by atoms with Crippen molar-refractivity contribution < 1.29 is 9.13 Å². The summed E-state index contributed by atoms with van der Waals surface area (Å²) < 4.78 is 18.7. The number of rotatable bonds is 3. The molecule has 3 heteroatoms. The van der Waals surface area contributed by atoms with E-state index in [1.54, 1.807) is 12.1 Å². The predicted molar refractivity (Wildman–Crippen MR) is 65.5 cm³/mol. The van der Waals surface area contributed by atoms with Crippen LogP contribution in [0.15, 0.2) is 42.5 Å². The van der Waals surface area contributed by atoms with Gasteiger partial charge in [0.15, 0.2) is 0 Å². The van der Waals surface area contributed by atoms with Crippen LogP contribution in [0.1, 0.15) is 11.1 Å². The Balaban J connectivity index is 2.29. The van der Waals surface area contributed by atoms with Crippen molar-refractivity contribution in [2.24, 2.45) is 5.73 Å². The maximum Gasteiger partial charge on any atom is 0.130 e. The fourth-order valence-corrected chi connectivity index (χ4v) is 1.54. The van der Waals surface area contributed by atoms with Gasteiger partial charge in [0.2, 0.25) is 0 Å². The van der Waals surface area contributed by atoms with Gasteiger partial charge < -0.3 is 10.5 Å². The molecular formula is C14H14FNO. The van der Waals surface area contributed by atoms with Gasteiger partial charge in [0, 0.05) is 12.6 Å². The van der Waals surface area contributed by atoms with E-state index in [1.165, 1.54) is 12.1 Å². The van der Waals surface area contributed by atoms with E-state index in [0.29, 0.717) is 18.0 Å². The molecule has 2 aromatic rings. The zero-order chi connectivity index (χ0) is 12.3. The molecule has 0 saturated carbocycles. The highest BCUT2D eigenvalue weighted by Crippen LogP contribution is 2.26. The highest BCUT2D eigenvalue weighted by Gasteiger charge is 2.03. The molecular weight excluding hydrogens is 217 g/mol.